The van der Waals surface area contributed by atoms with E-state index in [4.69, 9.17) is 4.42 Å². The van der Waals surface area contributed by atoms with Crippen LogP contribution in [0.4, 0.5) is 18.9 Å². The van der Waals surface area contributed by atoms with Gasteiger partial charge in [-0.25, -0.2) is 4.98 Å². The normalized spacial score (nSPS) is 11.5. The number of carbonyl (C=O) groups is 1. The minimum absolute atomic E-state index is 0.169. The Kier molecular flexibility index (Phi) is 5.29. The van der Waals surface area contributed by atoms with E-state index in [0.29, 0.717) is 22.3 Å². The van der Waals surface area contributed by atoms with Crippen molar-refractivity contribution in [2.45, 2.75) is 6.36 Å². The number of nitrogens with one attached hydrogen (secondary N) is 2. The van der Waals surface area contributed by atoms with Gasteiger partial charge in [0.25, 0.3) is 5.91 Å². The third-order valence-electron chi connectivity index (χ3n) is 5.17. The molecule has 0 fully saturated rings. The molecule has 2 aromatic carbocycles. The van der Waals surface area contributed by atoms with Gasteiger partial charge in [-0.2, -0.15) is 0 Å². The molecule has 5 aromatic rings. The number of carbonyl (C=O) groups excluding carboxylic acids is 1. The molecule has 1 amide bonds. The average Bonchev–Trinajstić information content (AvgIpc) is 3.47. The molecule has 0 spiro atoms. The molecule has 6 nitrogen and oxygen atoms in total. The zero-order valence-electron chi connectivity index (χ0n) is 17.4. The summed E-state index contributed by atoms with van der Waals surface area (Å²) >= 11 is 0. The van der Waals surface area contributed by atoms with Crippen molar-refractivity contribution >= 4 is 22.6 Å². The molecule has 0 aliphatic heterocycles. The minimum Gasteiger partial charge on any atom is -0.472 e. The number of halogens is 3. The third-order valence-corrected chi connectivity index (χ3v) is 5.17. The first-order valence-corrected chi connectivity index (χ1v) is 10.1. The van der Waals surface area contributed by atoms with Crippen molar-refractivity contribution in [1.29, 1.82) is 0 Å². The first-order chi connectivity index (χ1) is 16.4. The van der Waals surface area contributed by atoms with E-state index in [1.165, 1.54) is 12.1 Å². The lowest BCUT2D eigenvalue weighted by atomic mass is 9.98. The fourth-order valence-electron chi connectivity index (χ4n) is 3.71. The molecule has 170 valence electrons. The van der Waals surface area contributed by atoms with E-state index < -0.39 is 18.0 Å². The summed E-state index contributed by atoms with van der Waals surface area (Å²) in [6.07, 6.45) is 1.88. The summed E-state index contributed by atoms with van der Waals surface area (Å²) in [7, 11) is 0. The molecular formula is C25H16F3N3O3. The zero-order valence-corrected chi connectivity index (χ0v) is 17.4. The molecule has 0 aliphatic carbocycles. The van der Waals surface area contributed by atoms with Crippen LogP contribution in [0.1, 0.15) is 10.4 Å². The number of amides is 1. The van der Waals surface area contributed by atoms with E-state index in [9.17, 15) is 18.0 Å². The van der Waals surface area contributed by atoms with Gasteiger partial charge in [-0.3, -0.25) is 4.79 Å². The van der Waals surface area contributed by atoms with Crippen LogP contribution < -0.4 is 10.1 Å². The van der Waals surface area contributed by atoms with Crippen molar-refractivity contribution in [1.82, 2.24) is 9.97 Å². The Morgan fingerprint density at radius 1 is 1.00 bits per heavy atom. The van der Waals surface area contributed by atoms with Gasteiger partial charge in [0.2, 0.25) is 0 Å². The van der Waals surface area contributed by atoms with Crippen LogP contribution in [0.15, 0.2) is 90.0 Å². The Morgan fingerprint density at radius 3 is 2.65 bits per heavy atom. The first-order valence-electron chi connectivity index (χ1n) is 10.1. The molecule has 3 heterocycles. The molecule has 2 N–H and O–H groups in total. The van der Waals surface area contributed by atoms with Crippen LogP contribution in [0.5, 0.6) is 5.75 Å². The van der Waals surface area contributed by atoms with Gasteiger partial charge in [-0.05, 0) is 35.9 Å². The predicted octanol–water partition coefficient (Wildman–Crippen LogP) is 6.64. The van der Waals surface area contributed by atoms with E-state index in [2.05, 4.69) is 20.0 Å². The number of hydrogen-bond donors (Lipinski definition) is 2. The van der Waals surface area contributed by atoms with Crippen molar-refractivity contribution in [3.8, 4) is 28.0 Å². The summed E-state index contributed by atoms with van der Waals surface area (Å²) in [5.74, 6) is -0.906. The molecule has 0 bridgehead atoms. The van der Waals surface area contributed by atoms with Crippen molar-refractivity contribution in [3.05, 3.63) is 91.1 Å². The van der Waals surface area contributed by atoms with Crippen LogP contribution in [-0.2, 0) is 0 Å². The third kappa shape index (κ3) is 4.36. The van der Waals surface area contributed by atoms with Gasteiger partial charge >= 0.3 is 6.36 Å². The number of rotatable bonds is 5. The number of benzene rings is 2. The summed E-state index contributed by atoms with van der Waals surface area (Å²) in [5.41, 5.74) is 4.31. The summed E-state index contributed by atoms with van der Waals surface area (Å²) < 4.78 is 46.7. The Balaban J connectivity index is 1.47. The van der Waals surface area contributed by atoms with Gasteiger partial charge in [0, 0.05) is 51.8 Å². The van der Waals surface area contributed by atoms with Crippen LogP contribution in [-0.4, -0.2) is 22.2 Å². The Morgan fingerprint density at radius 2 is 1.85 bits per heavy atom. The number of furan rings is 1. The second-order valence-corrected chi connectivity index (χ2v) is 7.41. The molecule has 0 radical (unpaired) electrons. The fourth-order valence-corrected chi connectivity index (χ4v) is 3.71. The Bertz CT molecular complexity index is 1470. The standard InChI is InChI=1S/C25H16F3N3O3/c26-25(27,28)34-18-5-3-4-17(11-18)31-24(32)20-7-2-1-6-19(20)16-10-21-22(15-8-9-33-14-15)13-30-23(21)29-12-16/h1-14H,(H,29,30)(H,31,32). The van der Waals surface area contributed by atoms with Gasteiger partial charge in [-0.15, -0.1) is 13.2 Å². The van der Waals surface area contributed by atoms with Crippen LogP contribution in [0.3, 0.4) is 0 Å². The Labute approximate surface area is 191 Å². The molecule has 0 saturated carbocycles. The van der Waals surface area contributed by atoms with Crippen molar-refractivity contribution in [2.24, 2.45) is 0 Å². The van der Waals surface area contributed by atoms with E-state index in [1.54, 1.807) is 43.0 Å². The van der Waals surface area contributed by atoms with Gasteiger partial charge in [-0.1, -0.05) is 24.3 Å². The molecule has 34 heavy (non-hydrogen) atoms. The molecule has 9 heteroatoms. The summed E-state index contributed by atoms with van der Waals surface area (Å²) in [6, 6.07) is 15.8. The smallest absolute Gasteiger partial charge is 0.472 e. The van der Waals surface area contributed by atoms with Crippen LogP contribution in [0.25, 0.3) is 33.3 Å². The van der Waals surface area contributed by atoms with Crippen molar-refractivity contribution in [2.75, 3.05) is 5.32 Å². The van der Waals surface area contributed by atoms with Gasteiger partial charge in [0.05, 0.1) is 12.5 Å². The number of H-pyrrole nitrogens is 1. The summed E-state index contributed by atoms with van der Waals surface area (Å²) in [4.78, 5) is 20.7. The number of nitrogens with zero attached hydrogens (tertiary/aromatic N) is 1. The van der Waals surface area contributed by atoms with Crippen molar-refractivity contribution in [3.63, 3.8) is 0 Å². The maximum absolute atomic E-state index is 13.1. The fraction of sp³-hybridized carbons (Fsp3) is 0.0400. The van der Waals surface area contributed by atoms with Crippen LogP contribution >= 0.6 is 0 Å². The van der Waals surface area contributed by atoms with Crippen LogP contribution in [0, 0.1) is 0 Å². The Hall–Kier alpha value is -4.53. The highest BCUT2D eigenvalue weighted by atomic mass is 19.4. The number of pyridine rings is 1. The molecule has 0 saturated heterocycles. The molecular weight excluding hydrogens is 447 g/mol. The number of ether oxygens (including phenoxy) is 1. The lowest BCUT2D eigenvalue weighted by Gasteiger charge is -2.12. The largest absolute Gasteiger partial charge is 0.573 e. The first kappa shape index (κ1) is 21.3. The quantitative estimate of drug-likeness (QED) is 0.306. The van der Waals surface area contributed by atoms with E-state index in [1.807, 2.05) is 18.3 Å². The highest BCUT2D eigenvalue weighted by molar-refractivity contribution is 6.09. The lowest BCUT2D eigenvalue weighted by molar-refractivity contribution is -0.274. The monoisotopic (exact) mass is 463 g/mol. The SMILES string of the molecule is O=C(Nc1cccc(OC(F)(F)F)c1)c1ccccc1-c1cnc2[nH]cc(-c3ccoc3)c2c1. The van der Waals surface area contributed by atoms with Crippen molar-refractivity contribution < 1.29 is 27.1 Å². The second kappa shape index (κ2) is 8.43. The van der Waals surface area contributed by atoms with E-state index in [-0.39, 0.29) is 5.69 Å². The number of alkyl halides is 3. The maximum atomic E-state index is 13.1. The summed E-state index contributed by atoms with van der Waals surface area (Å²) in [6.45, 7) is 0. The van der Waals surface area contributed by atoms with Gasteiger partial charge in [0.15, 0.2) is 0 Å². The highest BCUT2D eigenvalue weighted by Crippen LogP contribution is 2.33. The topological polar surface area (TPSA) is 80.1 Å². The average molecular weight is 463 g/mol. The number of hydrogen-bond acceptors (Lipinski definition) is 4. The minimum atomic E-state index is -4.82. The molecule has 3 aromatic heterocycles. The number of aromatic amines is 1. The number of aromatic nitrogens is 2. The zero-order chi connectivity index (χ0) is 23.7. The number of fused-ring (bicyclic) bond motifs is 1. The van der Waals surface area contributed by atoms with E-state index in [0.717, 1.165) is 28.6 Å². The highest BCUT2D eigenvalue weighted by Gasteiger charge is 2.31. The predicted molar refractivity (Wildman–Crippen MR) is 120 cm³/mol. The maximum Gasteiger partial charge on any atom is 0.573 e. The van der Waals surface area contributed by atoms with E-state index >= 15 is 0 Å². The molecule has 0 unspecified atom stereocenters. The van der Waals surface area contributed by atoms with Gasteiger partial charge < -0.3 is 19.5 Å². The molecule has 5 rings (SSSR count). The lowest BCUT2D eigenvalue weighted by Crippen LogP contribution is -2.17. The molecule has 0 aliphatic rings. The summed E-state index contributed by atoms with van der Waals surface area (Å²) in [5, 5.41) is 3.49. The molecule has 0 atom stereocenters. The second-order valence-electron chi connectivity index (χ2n) is 7.41. The van der Waals surface area contributed by atoms with Gasteiger partial charge in [0.1, 0.15) is 11.4 Å². The number of anilines is 1. The van der Waals surface area contributed by atoms with Crippen LogP contribution in [0.2, 0.25) is 0 Å².